The summed E-state index contributed by atoms with van der Waals surface area (Å²) in [5.41, 5.74) is 1.58. The molecule has 0 saturated carbocycles. The van der Waals surface area contributed by atoms with Crippen molar-refractivity contribution in [2.24, 2.45) is 5.92 Å². The number of nitrogens with one attached hydrogen (secondary N) is 1. The molecule has 0 aromatic carbocycles. The Labute approximate surface area is 142 Å². The molecule has 1 N–H and O–H groups in total. The van der Waals surface area contributed by atoms with E-state index in [-0.39, 0.29) is 5.92 Å². The molecule has 8 nitrogen and oxygen atoms in total. The highest BCUT2D eigenvalue weighted by atomic mass is 32.2. The van der Waals surface area contributed by atoms with Crippen molar-refractivity contribution >= 4 is 10.2 Å². The topological polar surface area (TPSA) is 95.1 Å². The fourth-order valence-electron chi connectivity index (χ4n) is 3.02. The third-order valence-electron chi connectivity index (χ3n) is 4.25. The molecule has 24 heavy (non-hydrogen) atoms. The van der Waals surface area contributed by atoms with Gasteiger partial charge in [-0.3, -0.25) is 4.98 Å². The number of nitrogens with zero attached hydrogens (tertiary/aromatic N) is 5. The maximum atomic E-state index is 12.3. The number of piperidine rings is 1. The second-order valence-electron chi connectivity index (χ2n) is 6.15. The summed E-state index contributed by atoms with van der Waals surface area (Å²) >= 11 is 0. The molecule has 2 aromatic heterocycles. The van der Waals surface area contributed by atoms with Gasteiger partial charge < -0.3 is 4.98 Å². The van der Waals surface area contributed by atoms with Crippen LogP contribution in [0.4, 0.5) is 0 Å². The van der Waals surface area contributed by atoms with Gasteiger partial charge in [-0.25, -0.2) is 9.97 Å². The first-order valence-electron chi connectivity index (χ1n) is 7.95. The summed E-state index contributed by atoms with van der Waals surface area (Å²) in [5.74, 6) is 0.908. The van der Waals surface area contributed by atoms with Crippen molar-refractivity contribution in [2.45, 2.75) is 19.3 Å². The molecule has 1 aliphatic heterocycles. The van der Waals surface area contributed by atoms with Gasteiger partial charge >= 0.3 is 0 Å². The molecular formula is C15H22N6O2S. The number of imidazole rings is 1. The highest BCUT2D eigenvalue weighted by Gasteiger charge is 2.31. The SMILES string of the molecule is CN(C)S(=O)(=O)N1CCC[C@H](Cc2nccnc2-c2ncc[nH]2)C1. The Kier molecular flexibility index (Phi) is 4.93. The van der Waals surface area contributed by atoms with E-state index < -0.39 is 10.2 Å². The number of hydrogen-bond acceptors (Lipinski definition) is 5. The molecule has 130 valence electrons. The molecule has 1 atom stereocenters. The van der Waals surface area contributed by atoms with Crippen LogP contribution in [0.1, 0.15) is 18.5 Å². The normalized spacial score (nSPS) is 19.7. The molecule has 3 rings (SSSR count). The first kappa shape index (κ1) is 17.0. The van der Waals surface area contributed by atoms with Gasteiger partial charge in [0.2, 0.25) is 0 Å². The van der Waals surface area contributed by atoms with Crippen molar-refractivity contribution in [1.29, 1.82) is 0 Å². The zero-order valence-electron chi connectivity index (χ0n) is 13.9. The van der Waals surface area contributed by atoms with E-state index in [1.165, 1.54) is 4.31 Å². The summed E-state index contributed by atoms with van der Waals surface area (Å²) in [6, 6.07) is 0. The highest BCUT2D eigenvalue weighted by Crippen LogP contribution is 2.25. The first-order valence-corrected chi connectivity index (χ1v) is 9.35. The molecule has 0 amide bonds. The van der Waals surface area contributed by atoms with Crippen LogP contribution in [0.3, 0.4) is 0 Å². The minimum atomic E-state index is -3.37. The molecule has 9 heteroatoms. The lowest BCUT2D eigenvalue weighted by Gasteiger charge is -2.33. The fraction of sp³-hybridized carbons (Fsp3) is 0.533. The van der Waals surface area contributed by atoms with E-state index in [0.717, 1.165) is 24.2 Å². The molecule has 3 heterocycles. The van der Waals surface area contributed by atoms with Gasteiger partial charge in [-0.1, -0.05) is 0 Å². The van der Waals surface area contributed by atoms with Crippen molar-refractivity contribution in [3.8, 4) is 11.5 Å². The van der Waals surface area contributed by atoms with Gasteiger partial charge in [-0.05, 0) is 25.2 Å². The molecule has 1 saturated heterocycles. The molecule has 0 spiro atoms. The minimum Gasteiger partial charge on any atom is -0.343 e. The van der Waals surface area contributed by atoms with Crippen molar-refractivity contribution in [3.05, 3.63) is 30.5 Å². The fourth-order valence-corrected chi connectivity index (χ4v) is 4.24. The second-order valence-corrected chi connectivity index (χ2v) is 8.29. The molecule has 1 fully saturated rings. The summed E-state index contributed by atoms with van der Waals surface area (Å²) in [6.07, 6.45) is 9.26. The zero-order chi connectivity index (χ0) is 17.2. The molecular weight excluding hydrogens is 328 g/mol. The van der Waals surface area contributed by atoms with Crippen molar-refractivity contribution in [3.63, 3.8) is 0 Å². The van der Waals surface area contributed by atoms with Crippen LogP contribution in [0, 0.1) is 5.92 Å². The molecule has 0 aliphatic carbocycles. The predicted octanol–water partition coefficient (Wildman–Crippen LogP) is 0.928. The van der Waals surface area contributed by atoms with Gasteiger partial charge in [0, 0.05) is 52.0 Å². The van der Waals surface area contributed by atoms with E-state index >= 15 is 0 Å². The number of aromatic amines is 1. The van der Waals surface area contributed by atoms with Gasteiger partial charge in [0.25, 0.3) is 10.2 Å². The second kappa shape index (κ2) is 6.96. The van der Waals surface area contributed by atoms with Crippen molar-refractivity contribution in [2.75, 3.05) is 27.2 Å². The van der Waals surface area contributed by atoms with E-state index in [0.29, 0.717) is 25.3 Å². The third-order valence-corrected chi connectivity index (χ3v) is 6.16. The molecule has 0 unspecified atom stereocenters. The number of rotatable bonds is 5. The Bertz CT molecular complexity index is 775. The Morgan fingerprint density at radius 2 is 2.04 bits per heavy atom. The van der Waals surface area contributed by atoms with Crippen LogP contribution < -0.4 is 0 Å². The highest BCUT2D eigenvalue weighted by molar-refractivity contribution is 7.86. The van der Waals surface area contributed by atoms with Crippen LogP contribution in [0.15, 0.2) is 24.8 Å². The number of hydrogen-bond donors (Lipinski definition) is 1. The summed E-state index contributed by atoms with van der Waals surface area (Å²) < 4.78 is 27.5. The van der Waals surface area contributed by atoms with E-state index in [4.69, 9.17) is 0 Å². The largest absolute Gasteiger partial charge is 0.343 e. The van der Waals surface area contributed by atoms with Gasteiger partial charge in [-0.15, -0.1) is 0 Å². The van der Waals surface area contributed by atoms with Gasteiger partial charge in [0.15, 0.2) is 5.82 Å². The lowest BCUT2D eigenvalue weighted by Crippen LogP contribution is -2.45. The maximum Gasteiger partial charge on any atom is 0.281 e. The van der Waals surface area contributed by atoms with E-state index in [1.807, 2.05) is 0 Å². The number of aromatic nitrogens is 4. The molecule has 1 aliphatic rings. The van der Waals surface area contributed by atoms with Crippen LogP contribution in [-0.2, 0) is 16.6 Å². The van der Waals surface area contributed by atoms with E-state index in [1.54, 1.807) is 43.2 Å². The number of H-pyrrole nitrogens is 1. The monoisotopic (exact) mass is 350 g/mol. The average Bonchev–Trinajstić information content (AvgIpc) is 3.10. The summed E-state index contributed by atoms with van der Waals surface area (Å²) in [4.78, 5) is 16.1. The van der Waals surface area contributed by atoms with Crippen LogP contribution in [0.2, 0.25) is 0 Å². The van der Waals surface area contributed by atoms with E-state index in [2.05, 4.69) is 19.9 Å². The van der Waals surface area contributed by atoms with Crippen LogP contribution in [0.5, 0.6) is 0 Å². The molecule has 2 aromatic rings. The van der Waals surface area contributed by atoms with Gasteiger partial charge in [-0.2, -0.15) is 17.0 Å². The van der Waals surface area contributed by atoms with Crippen LogP contribution in [0.25, 0.3) is 11.5 Å². The standard InChI is InChI=1S/C15H22N6O2S/c1-20(2)24(22,23)21-9-3-4-12(11-21)10-13-14(17-6-5-16-13)15-18-7-8-19-15/h5-8,12H,3-4,9-11H2,1-2H3,(H,18,19)/t12-/m1/s1. The minimum absolute atomic E-state index is 0.221. The Hall–Kier alpha value is -1.84. The van der Waals surface area contributed by atoms with Gasteiger partial charge in [0.1, 0.15) is 5.69 Å². The summed E-state index contributed by atoms with van der Waals surface area (Å²) in [6.45, 7) is 1.08. The zero-order valence-corrected chi connectivity index (χ0v) is 14.7. The Balaban J connectivity index is 1.78. The van der Waals surface area contributed by atoms with Crippen LogP contribution in [-0.4, -0.2) is 64.1 Å². The van der Waals surface area contributed by atoms with Crippen molar-refractivity contribution < 1.29 is 8.42 Å². The molecule has 0 radical (unpaired) electrons. The maximum absolute atomic E-state index is 12.3. The summed E-state index contributed by atoms with van der Waals surface area (Å²) in [5, 5.41) is 0. The van der Waals surface area contributed by atoms with E-state index in [9.17, 15) is 8.42 Å². The molecule has 0 bridgehead atoms. The lowest BCUT2D eigenvalue weighted by molar-refractivity contribution is 0.253. The van der Waals surface area contributed by atoms with Crippen LogP contribution >= 0.6 is 0 Å². The quantitative estimate of drug-likeness (QED) is 0.865. The Morgan fingerprint density at radius 3 is 2.75 bits per heavy atom. The van der Waals surface area contributed by atoms with Crippen molar-refractivity contribution in [1.82, 2.24) is 28.5 Å². The smallest absolute Gasteiger partial charge is 0.281 e. The summed E-state index contributed by atoms with van der Waals surface area (Å²) in [7, 11) is -0.234. The lowest BCUT2D eigenvalue weighted by atomic mass is 9.94. The Morgan fingerprint density at radius 1 is 1.25 bits per heavy atom. The third kappa shape index (κ3) is 3.47. The predicted molar refractivity (Wildman–Crippen MR) is 90.2 cm³/mol. The first-order chi connectivity index (χ1) is 11.5. The van der Waals surface area contributed by atoms with Gasteiger partial charge in [0.05, 0.1) is 5.69 Å². The average molecular weight is 350 g/mol.